The lowest BCUT2D eigenvalue weighted by Gasteiger charge is -2.30. The number of hydrogen-bond acceptors (Lipinski definition) is 2. The van der Waals surface area contributed by atoms with Gasteiger partial charge in [0.25, 0.3) is 0 Å². The molecule has 94 valence electrons. The van der Waals surface area contributed by atoms with Crippen molar-refractivity contribution in [1.82, 2.24) is 0 Å². The molecule has 1 saturated heterocycles. The molecular formula is C13H24O3. The Balaban J connectivity index is 2.63. The van der Waals surface area contributed by atoms with Crippen molar-refractivity contribution in [3.63, 3.8) is 0 Å². The summed E-state index contributed by atoms with van der Waals surface area (Å²) in [7, 11) is 0. The predicted molar refractivity (Wildman–Crippen MR) is 63.4 cm³/mol. The summed E-state index contributed by atoms with van der Waals surface area (Å²) in [4.78, 5) is 11.5. The van der Waals surface area contributed by atoms with Crippen LogP contribution in [0, 0.1) is 11.3 Å². The third-order valence-corrected chi connectivity index (χ3v) is 3.84. The Labute approximate surface area is 98.2 Å². The van der Waals surface area contributed by atoms with Gasteiger partial charge in [-0.2, -0.15) is 0 Å². The summed E-state index contributed by atoms with van der Waals surface area (Å²) in [5.74, 6) is -0.164. The molecule has 0 aromatic rings. The fourth-order valence-electron chi connectivity index (χ4n) is 2.58. The van der Waals surface area contributed by atoms with Crippen LogP contribution in [0.2, 0.25) is 0 Å². The minimum absolute atomic E-state index is 0.452. The Hall–Kier alpha value is -0.570. The summed E-state index contributed by atoms with van der Waals surface area (Å²) in [5, 5.41) is 9.47. The van der Waals surface area contributed by atoms with Crippen molar-refractivity contribution in [2.75, 3.05) is 13.2 Å². The first-order valence-corrected chi connectivity index (χ1v) is 6.45. The molecule has 1 rings (SSSR count). The maximum Gasteiger partial charge on any atom is 0.309 e. The highest BCUT2D eigenvalue weighted by Crippen LogP contribution is 2.38. The van der Waals surface area contributed by atoms with Crippen LogP contribution in [-0.4, -0.2) is 24.3 Å². The van der Waals surface area contributed by atoms with Crippen LogP contribution in [-0.2, 0) is 9.53 Å². The average Bonchev–Trinajstić information content (AvgIpc) is 2.76. The molecule has 1 fully saturated rings. The van der Waals surface area contributed by atoms with Crippen LogP contribution in [0.15, 0.2) is 0 Å². The summed E-state index contributed by atoms with van der Waals surface area (Å²) in [6.45, 7) is 5.67. The van der Waals surface area contributed by atoms with E-state index in [4.69, 9.17) is 4.74 Å². The second-order valence-electron chi connectivity index (χ2n) is 4.98. The zero-order valence-corrected chi connectivity index (χ0v) is 10.5. The van der Waals surface area contributed by atoms with Crippen molar-refractivity contribution in [2.24, 2.45) is 11.3 Å². The summed E-state index contributed by atoms with van der Waals surface area (Å²) in [5.41, 5.74) is -0.506. The van der Waals surface area contributed by atoms with Crippen LogP contribution < -0.4 is 0 Å². The van der Waals surface area contributed by atoms with Crippen molar-refractivity contribution in [1.29, 1.82) is 0 Å². The first-order chi connectivity index (χ1) is 7.64. The van der Waals surface area contributed by atoms with E-state index in [0.717, 1.165) is 51.7 Å². The van der Waals surface area contributed by atoms with E-state index in [2.05, 4.69) is 6.92 Å². The number of carboxylic acid groups (broad SMARTS) is 1. The SMILES string of the molecule is CCCCC(CC)(CC1CCOC1)C(=O)O. The third kappa shape index (κ3) is 3.21. The van der Waals surface area contributed by atoms with Crippen LogP contribution in [0.5, 0.6) is 0 Å². The van der Waals surface area contributed by atoms with Crippen LogP contribution in [0.25, 0.3) is 0 Å². The third-order valence-electron chi connectivity index (χ3n) is 3.84. The van der Waals surface area contributed by atoms with Crippen molar-refractivity contribution < 1.29 is 14.6 Å². The quantitative estimate of drug-likeness (QED) is 0.728. The van der Waals surface area contributed by atoms with Crippen molar-refractivity contribution in [3.05, 3.63) is 0 Å². The molecule has 0 amide bonds. The molecule has 2 atom stereocenters. The molecule has 2 unspecified atom stereocenters. The molecule has 0 aliphatic carbocycles. The van der Waals surface area contributed by atoms with Crippen LogP contribution in [0.4, 0.5) is 0 Å². The summed E-state index contributed by atoms with van der Waals surface area (Å²) in [6.07, 6.45) is 5.44. The van der Waals surface area contributed by atoms with E-state index in [9.17, 15) is 9.90 Å². The average molecular weight is 228 g/mol. The monoisotopic (exact) mass is 228 g/mol. The fraction of sp³-hybridized carbons (Fsp3) is 0.923. The Kier molecular flexibility index (Phi) is 5.26. The standard InChI is InChI=1S/C13H24O3/c1-3-5-7-13(4-2,12(14)15)9-11-6-8-16-10-11/h11H,3-10H2,1-2H3,(H,14,15). The minimum Gasteiger partial charge on any atom is -0.481 e. The van der Waals surface area contributed by atoms with Gasteiger partial charge in [-0.3, -0.25) is 4.79 Å². The molecule has 1 heterocycles. The van der Waals surface area contributed by atoms with Gasteiger partial charge in [-0.1, -0.05) is 26.7 Å². The number of aliphatic carboxylic acids is 1. The molecule has 1 N–H and O–H groups in total. The van der Waals surface area contributed by atoms with Crippen LogP contribution in [0.1, 0.15) is 52.4 Å². The number of hydrogen-bond donors (Lipinski definition) is 1. The highest BCUT2D eigenvalue weighted by molar-refractivity contribution is 5.74. The van der Waals surface area contributed by atoms with E-state index in [-0.39, 0.29) is 0 Å². The number of unbranched alkanes of at least 4 members (excludes halogenated alkanes) is 1. The van der Waals surface area contributed by atoms with Gasteiger partial charge in [-0.05, 0) is 31.6 Å². The van der Waals surface area contributed by atoms with Gasteiger partial charge in [0.1, 0.15) is 0 Å². The van der Waals surface area contributed by atoms with Gasteiger partial charge in [0, 0.05) is 13.2 Å². The number of carbonyl (C=O) groups is 1. The maximum absolute atomic E-state index is 11.5. The molecule has 0 bridgehead atoms. The first-order valence-electron chi connectivity index (χ1n) is 6.45. The number of ether oxygens (including phenoxy) is 1. The summed E-state index contributed by atoms with van der Waals surface area (Å²) in [6, 6.07) is 0. The Morgan fingerprint density at radius 3 is 2.69 bits per heavy atom. The molecule has 1 aliphatic heterocycles. The van der Waals surface area contributed by atoms with Gasteiger partial charge in [-0.15, -0.1) is 0 Å². The molecule has 0 spiro atoms. The molecule has 3 heteroatoms. The Morgan fingerprint density at radius 1 is 1.50 bits per heavy atom. The van der Waals surface area contributed by atoms with Gasteiger partial charge in [0.15, 0.2) is 0 Å². The maximum atomic E-state index is 11.5. The normalized spacial score (nSPS) is 24.2. The Bertz CT molecular complexity index is 221. The van der Waals surface area contributed by atoms with Crippen LogP contribution in [0.3, 0.4) is 0 Å². The zero-order chi connectivity index (χ0) is 12.0. The summed E-state index contributed by atoms with van der Waals surface area (Å²) >= 11 is 0. The lowest BCUT2D eigenvalue weighted by molar-refractivity contribution is -0.151. The zero-order valence-electron chi connectivity index (χ0n) is 10.5. The topological polar surface area (TPSA) is 46.5 Å². The lowest BCUT2D eigenvalue weighted by atomic mass is 9.73. The fourth-order valence-corrected chi connectivity index (χ4v) is 2.58. The molecular weight excluding hydrogens is 204 g/mol. The van der Waals surface area contributed by atoms with Gasteiger partial charge in [-0.25, -0.2) is 0 Å². The molecule has 16 heavy (non-hydrogen) atoms. The first kappa shape index (κ1) is 13.5. The van der Waals surface area contributed by atoms with Crippen molar-refractivity contribution in [2.45, 2.75) is 52.4 Å². The van der Waals surface area contributed by atoms with Crippen LogP contribution >= 0.6 is 0 Å². The highest BCUT2D eigenvalue weighted by Gasteiger charge is 2.38. The second-order valence-corrected chi connectivity index (χ2v) is 4.98. The van der Waals surface area contributed by atoms with Gasteiger partial charge in [0.05, 0.1) is 5.41 Å². The van der Waals surface area contributed by atoms with Crippen molar-refractivity contribution >= 4 is 5.97 Å². The lowest BCUT2D eigenvalue weighted by Crippen LogP contribution is -2.33. The molecule has 3 nitrogen and oxygen atoms in total. The number of carboxylic acids is 1. The minimum atomic E-state index is -0.615. The van der Waals surface area contributed by atoms with E-state index in [1.165, 1.54) is 0 Å². The van der Waals surface area contributed by atoms with E-state index in [1.807, 2.05) is 6.92 Å². The molecule has 0 aromatic carbocycles. The van der Waals surface area contributed by atoms with Gasteiger partial charge >= 0.3 is 5.97 Å². The van der Waals surface area contributed by atoms with Gasteiger partial charge in [0.2, 0.25) is 0 Å². The Morgan fingerprint density at radius 2 is 2.25 bits per heavy atom. The molecule has 0 radical (unpaired) electrons. The molecule has 0 saturated carbocycles. The van der Waals surface area contributed by atoms with Gasteiger partial charge < -0.3 is 9.84 Å². The second kappa shape index (κ2) is 6.24. The van der Waals surface area contributed by atoms with E-state index >= 15 is 0 Å². The smallest absolute Gasteiger partial charge is 0.309 e. The number of rotatable bonds is 7. The van der Waals surface area contributed by atoms with E-state index in [1.54, 1.807) is 0 Å². The molecule has 0 aromatic heterocycles. The highest BCUT2D eigenvalue weighted by atomic mass is 16.5. The van der Waals surface area contributed by atoms with E-state index < -0.39 is 11.4 Å². The largest absolute Gasteiger partial charge is 0.481 e. The predicted octanol–water partition coefficient (Wildman–Crippen LogP) is 3.08. The van der Waals surface area contributed by atoms with Crippen molar-refractivity contribution in [3.8, 4) is 0 Å². The molecule has 1 aliphatic rings. The van der Waals surface area contributed by atoms with E-state index in [0.29, 0.717) is 5.92 Å². The summed E-state index contributed by atoms with van der Waals surface area (Å²) < 4.78 is 5.34.